The Bertz CT molecular complexity index is 349. The SMILES string of the molecule is Cn1ncc(=O)n(C)c1=O. The van der Waals surface area contributed by atoms with Crippen LogP contribution in [0.15, 0.2) is 15.8 Å². The molecule has 54 valence electrons. The van der Waals surface area contributed by atoms with Crippen LogP contribution >= 0.6 is 0 Å². The quantitative estimate of drug-likeness (QED) is 0.441. The highest BCUT2D eigenvalue weighted by Crippen LogP contribution is 1.58. The van der Waals surface area contributed by atoms with Gasteiger partial charge in [0.15, 0.2) is 0 Å². The highest BCUT2D eigenvalue weighted by molar-refractivity contribution is 4.72. The molecular weight excluding hydrogens is 134 g/mol. The summed E-state index contributed by atoms with van der Waals surface area (Å²) in [4.78, 5) is 21.5. The summed E-state index contributed by atoms with van der Waals surface area (Å²) in [6, 6.07) is 0. The Kier molecular flexibility index (Phi) is 1.41. The summed E-state index contributed by atoms with van der Waals surface area (Å²) >= 11 is 0. The van der Waals surface area contributed by atoms with Gasteiger partial charge in [-0.05, 0) is 0 Å². The lowest BCUT2D eigenvalue weighted by Gasteiger charge is -1.96. The second-order valence-corrected chi connectivity index (χ2v) is 1.95. The Labute approximate surface area is 56.5 Å². The summed E-state index contributed by atoms with van der Waals surface area (Å²) in [6.45, 7) is 0. The Hall–Kier alpha value is -1.39. The topological polar surface area (TPSA) is 56.9 Å². The molecule has 0 aromatic carbocycles. The van der Waals surface area contributed by atoms with Crippen molar-refractivity contribution in [2.75, 3.05) is 0 Å². The van der Waals surface area contributed by atoms with Crippen LogP contribution in [0.4, 0.5) is 0 Å². The first-order chi connectivity index (χ1) is 4.63. The number of aryl methyl sites for hydroxylation is 1. The van der Waals surface area contributed by atoms with Gasteiger partial charge in [0.1, 0.15) is 6.20 Å². The zero-order valence-corrected chi connectivity index (χ0v) is 5.74. The van der Waals surface area contributed by atoms with Crippen LogP contribution in [0.25, 0.3) is 0 Å². The van der Waals surface area contributed by atoms with E-state index in [-0.39, 0.29) is 5.56 Å². The lowest BCUT2D eigenvalue weighted by atomic mass is 10.8. The van der Waals surface area contributed by atoms with Gasteiger partial charge in [-0.25, -0.2) is 9.48 Å². The predicted molar refractivity (Wildman–Crippen MR) is 34.7 cm³/mol. The maximum atomic E-state index is 10.9. The van der Waals surface area contributed by atoms with Crippen LogP contribution in [0.5, 0.6) is 0 Å². The maximum Gasteiger partial charge on any atom is 0.346 e. The molecule has 0 unspecified atom stereocenters. The molecule has 1 aromatic rings. The normalized spacial score (nSPS) is 9.80. The van der Waals surface area contributed by atoms with E-state index in [1.54, 1.807) is 0 Å². The molecule has 1 heterocycles. The van der Waals surface area contributed by atoms with Crippen molar-refractivity contribution < 1.29 is 0 Å². The number of hydrogen-bond acceptors (Lipinski definition) is 3. The van der Waals surface area contributed by atoms with Crippen molar-refractivity contribution in [1.29, 1.82) is 0 Å². The Morgan fingerprint density at radius 2 is 2.00 bits per heavy atom. The van der Waals surface area contributed by atoms with Crippen molar-refractivity contribution in [3.63, 3.8) is 0 Å². The smallest absolute Gasteiger partial charge is 0.267 e. The van der Waals surface area contributed by atoms with Gasteiger partial charge >= 0.3 is 5.69 Å². The van der Waals surface area contributed by atoms with Gasteiger partial charge < -0.3 is 0 Å². The van der Waals surface area contributed by atoms with Crippen molar-refractivity contribution >= 4 is 0 Å². The third-order valence-corrected chi connectivity index (χ3v) is 1.24. The van der Waals surface area contributed by atoms with Crippen LogP contribution in [-0.2, 0) is 14.1 Å². The fourth-order valence-corrected chi connectivity index (χ4v) is 0.583. The minimum atomic E-state index is -0.410. The van der Waals surface area contributed by atoms with Gasteiger partial charge in [-0.3, -0.25) is 9.36 Å². The molecule has 0 aliphatic rings. The van der Waals surface area contributed by atoms with E-state index < -0.39 is 5.69 Å². The van der Waals surface area contributed by atoms with Crippen molar-refractivity contribution in [2.45, 2.75) is 0 Å². The summed E-state index contributed by atoms with van der Waals surface area (Å²) in [5.41, 5.74) is -0.796. The summed E-state index contributed by atoms with van der Waals surface area (Å²) < 4.78 is 2.09. The largest absolute Gasteiger partial charge is 0.346 e. The monoisotopic (exact) mass is 141 g/mol. The lowest BCUT2D eigenvalue weighted by molar-refractivity contribution is 0.600. The molecule has 0 N–H and O–H groups in total. The minimum absolute atomic E-state index is 0.386. The van der Waals surface area contributed by atoms with E-state index in [9.17, 15) is 9.59 Å². The van der Waals surface area contributed by atoms with Crippen LogP contribution in [0.3, 0.4) is 0 Å². The summed E-state index contributed by atoms with van der Waals surface area (Å²) in [7, 11) is 2.90. The first-order valence-corrected chi connectivity index (χ1v) is 2.72. The molecule has 0 spiro atoms. The molecule has 0 amide bonds. The second kappa shape index (κ2) is 2.09. The van der Waals surface area contributed by atoms with E-state index in [1.165, 1.54) is 14.1 Å². The van der Waals surface area contributed by atoms with Crippen molar-refractivity contribution in [3.8, 4) is 0 Å². The second-order valence-electron chi connectivity index (χ2n) is 1.95. The summed E-state index contributed by atoms with van der Waals surface area (Å²) in [5.74, 6) is 0. The van der Waals surface area contributed by atoms with Crippen LogP contribution < -0.4 is 11.2 Å². The zero-order chi connectivity index (χ0) is 7.72. The molecule has 0 radical (unpaired) electrons. The fraction of sp³-hybridized carbons (Fsp3) is 0.400. The Morgan fingerprint density at radius 1 is 1.40 bits per heavy atom. The first kappa shape index (κ1) is 6.73. The van der Waals surface area contributed by atoms with E-state index in [2.05, 4.69) is 5.10 Å². The minimum Gasteiger partial charge on any atom is -0.267 e. The van der Waals surface area contributed by atoms with Gasteiger partial charge in [0.2, 0.25) is 0 Å². The average Bonchev–Trinajstić information content (AvgIpc) is 1.93. The molecule has 0 saturated heterocycles. The van der Waals surface area contributed by atoms with Gasteiger partial charge in [-0.1, -0.05) is 0 Å². The van der Waals surface area contributed by atoms with E-state index in [0.29, 0.717) is 0 Å². The van der Waals surface area contributed by atoms with Crippen molar-refractivity contribution in [2.24, 2.45) is 14.1 Å². The standard InChI is InChI=1S/C5H7N3O2/c1-7-4(9)3-6-8(2)5(7)10/h3H,1-2H3. The maximum absolute atomic E-state index is 10.9. The molecule has 5 nitrogen and oxygen atoms in total. The molecule has 0 saturated carbocycles. The number of nitrogens with zero attached hydrogens (tertiary/aromatic N) is 3. The molecule has 0 aliphatic carbocycles. The van der Waals surface area contributed by atoms with Crippen molar-refractivity contribution in [3.05, 3.63) is 27.0 Å². The highest BCUT2D eigenvalue weighted by Gasteiger charge is 1.95. The molecule has 0 atom stereocenters. The first-order valence-electron chi connectivity index (χ1n) is 2.72. The molecule has 10 heavy (non-hydrogen) atoms. The third-order valence-electron chi connectivity index (χ3n) is 1.24. The fourth-order valence-electron chi connectivity index (χ4n) is 0.583. The van der Waals surface area contributed by atoms with E-state index >= 15 is 0 Å². The Balaban J connectivity index is 3.66. The Morgan fingerprint density at radius 3 is 2.50 bits per heavy atom. The molecule has 0 aliphatic heterocycles. The number of rotatable bonds is 0. The van der Waals surface area contributed by atoms with Gasteiger partial charge in [-0.15, -0.1) is 0 Å². The van der Waals surface area contributed by atoms with E-state index in [1.807, 2.05) is 0 Å². The molecule has 1 aromatic heterocycles. The zero-order valence-electron chi connectivity index (χ0n) is 5.74. The predicted octanol–water partition coefficient (Wildman–Crippen LogP) is -1.52. The van der Waals surface area contributed by atoms with Gasteiger partial charge in [0.25, 0.3) is 5.56 Å². The van der Waals surface area contributed by atoms with Crippen molar-refractivity contribution in [1.82, 2.24) is 14.3 Å². The van der Waals surface area contributed by atoms with E-state index in [0.717, 1.165) is 15.4 Å². The summed E-state index contributed by atoms with van der Waals surface area (Å²) in [6.07, 6.45) is 1.10. The van der Waals surface area contributed by atoms with Gasteiger partial charge in [-0.2, -0.15) is 5.10 Å². The molecule has 0 bridgehead atoms. The van der Waals surface area contributed by atoms with Crippen LogP contribution in [0.2, 0.25) is 0 Å². The van der Waals surface area contributed by atoms with Crippen LogP contribution in [0.1, 0.15) is 0 Å². The van der Waals surface area contributed by atoms with Crippen LogP contribution in [0, 0.1) is 0 Å². The highest BCUT2D eigenvalue weighted by atomic mass is 16.2. The number of hydrogen-bond donors (Lipinski definition) is 0. The molecule has 1 rings (SSSR count). The number of aromatic nitrogens is 3. The van der Waals surface area contributed by atoms with Crippen LogP contribution in [-0.4, -0.2) is 14.3 Å². The molecular formula is C5H7N3O2. The molecule has 0 fully saturated rings. The van der Waals surface area contributed by atoms with E-state index in [4.69, 9.17) is 0 Å². The van der Waals surface area contributed by atoms with Gasteiger partial charge in [0.05, 0.1) is 0 Å². The third kappa shape index (κ3) is 0.854. The molecule has 5 heteroatoms. The van der Waals surface area contributed by atoms with Gasteiger partial charge in [0, 0.05) is 14.1 Å². The average molecular weight is 141 g/mol. The lowest BCUT2D eigenvalue weighted by Crippen LogP contribution is -2.37. The summed E-state index contributed by atoms with van der Waals surface area (Å²) in [5, 5.41) is 3.51.